The Morgan fingerprint density at radius 3 is 2.24 bits per heavy atom. The summed E-state index contributed by atoms with van der Waals surface area (Å²) >= 11 is 0. The number of carboxylic acids is 1. The molecule has 6 heteroatoms. The first-order valence-electron chi connectivity index (χ1n) is 5.54. The normalized spacial score (nSPS) is 29.2. The summed E-state index contributed by atoms with van der Waals surface area (Å²) in [6, 6.07) is -0.550. The molecule has 3 unspecified atom stereocenters. The highest BCUT2D eigenvalue weighted by Gasteiger charge is 2.45. The lowest BCUT2D eigenvalue weighted by Crippen LogP contribution is -2.40. The molecule has 17 heavy (non-hydrogen) atoms. The van der Waals surface area contributed by atoms with Gasteiger partial charge in [-0.2, -0.15) is 0 Å². The Hall–Kier alpha value is -1.30. The number of carbonyl (C=O) groups is 2. The van der Waals surface area contributed by atoms with Crippen molar-refractivity contribution in [1.29, 1.82) is 0 Å². The summed E-state index contributed by atoms with van der Waals surface area (Å²) in [6.07, 6.45) is -1.65. The molecule has 3 atom stereocenters. The maximum atomic E-state index is 11.8. The second kappa shape index (κ2) is 4.52. The summed E-state index contributed by atoms with van der Waals surface area (Å²) in [5.74, 6) is -2.05. The van der Waals surface area contributed by atoms with Crippen LogP contribution in [0.4, 0.5) is 4.79 Å². The molecule has 0 radical (unpaired) electrons. The Morgan fingerprint density at radius 2 is 1.88 bits per heavy atom. The lowest BCUT2D eigenvalue weighted by atomic mass is 10.0. The average Bonchev–Trinajstić information content (AvgIpc) is 2.41. The molecular formula is C11H19NO5. The first-order chi connectivity index (χ1) is 7.63. The molecule has 1 fully saturated rings. The lowest BCUT2D eigenvalue weighted by Gasteiger charge is -2.27. The Morgan fingerprint density at radius 1 is 1.35 bits per heavy atom. The highest BCUT2D eigenvalue weighted by Crippen LogP contribution is 2.25. The minimum atomic E-state index is -1.10. The zero-order chi connectivity index (χ0) is 13.4. The van der Waals surface area contributed by atoms with Crippen LogP contribution in [0.15, 0.2) is 0 Å². The van der Waals surface area contributed by atoms with Gasteiger partial charge in [-0.1, -0.05) is 0 Å². The van der Waals surface area contributed by atoms with Gasteiger partial charge in [0.05, 0.1) is 12.1 Å². The topological polar surface area (TPSA) is 87.1 Å². The number of amides is 1. The van der Waals surface area contributed by atoms with Crippen LogP contribution in [0.3, 0.4) is 0 Å². The fraction of sp³-hybridized carbons (Fsp3) is 0.818. The molecule has 1 aliphatic heterocycles. The van der Waals surface area contributed by atoms with Crippen LogP contribution in [0.5, 0.6) is 0 Å². The van der Waals surface area contributed by atoms with Gasteiger partial charge in [0.1, 0.15) is 11.5 Å². The van der Waals surface area contributed by atoms with Crippen molar-refractivity contribution in [1.82, 2.24) is 4.90 Å². The number of aliphatic carboxylic acids is 1. The predicted molar refractivity (Wildman–Crippen MR) is 59.5 cm³/mol. The van der Waals surface area contributed by atoms with Crippen molar-refractivity contribution in [2.24, 2.45) is 5.92 Å². The van der Waals surface area contributed by atoms with Crippen molar-refractivity contribution in [3.63, 3.8) is 0 Å². The number of hydrogen-bond acceptors (Lipinski definition) is 4. The zero-order valence-electron chi connectivity index (χ0n) is 10.5. The molecular weight excluding hydrogens is 226 g/mol. The summed E-state index contributed by atoms with van der Waals surface area (Å²) in [6.45, 7) is 6.79. The Bertz CT molecular complexity index is 322. The molecule has 0 aromatic heterocycles. The number of aliphatic hydroxyl groups excluding tert-OH is 1. The molecule has 0 saturated carbocycles. The van der Waals surface area contributed by atoms with E-state index in [-0.39, 0.29) is 6.54 Å². The van der Waals surface area contributed by atoms with Crippen molar-refractivity contribution < 1.29 is 24.5 Å². The summed E-state index contributed by atoms with van der Waals surface area (Å²) < 4.78 is 5.15. The molecule has 6 nitrogen and oxygen atoms in total. The number of carboxylic acid groups (broad SMARTS) is 1. The maximum Gasteiger partial charge on any atom is 0.410 e. The van der Waals surface area contributed by atoms with Crippen LogP contribution in [0.25, 0.3) is 0 Å². The van der Waals surface area contributed by atoms with Crippen LogP contribution in [-0.4, -0.2) is 51.5 Å². The largest absolute Gasteiger partial charge is 0.481 e. The molecule has 0 spiro atoms. The third kappa shape index (κ3) is 3.09. The van der Waals surface area contributed by atoms with Gasteiger partial charge in [0.2, 0.25) is 0 Å². The van der Waals surface area contributed by atoms with Crippen molar-refractivity contribution in [2.75, 3.05) is 6.54 Å². The second-order valence-electron chi connectivity index (χ2n) is 5.31. The van der Waals surface area contributed by atoms with E-state index in [1.165, 1.54) is 4.90 Å². The fourth-order valence-corrected chi connectivity index (χ4v) is 1.79. The van der Waals surface area contributed by atoms with Crippen molar-refractivity contribution in [2.45, 2.75) is 45.4 Å². The highest BCUT2D eigenvalue weighted by molar-refractivity contribution is 5.75. The van der Waals surface area contributed by atoms with Gasteiger partial charge in [-0.15, -0.1) is 0 Å². The van der Waals surface area contributed by atoms with E-state index < -0.39 is 35.7 Å². The van der Waals surface area contributed by atoms with Gasteiger partial charge in [0, 0.05) is 6.54 Å². The monoisotopic (exact) mass is 245 g/mol. The molecule has 98 valence electrons. The summed E-state index contributed by atoms with van der Waals surface area (Å²) in [5.41, 5.74) is -0.636. The fourth-order valence-electron chi connectivity index (χ4n) is 1.79. The Labute approximate surface area is 100 Å². The van der Waals surface area contributed by atoms with Gasteiger partial charge in [0.25, 0.3) is 0 Å². The molecule has 1 rings (SSSR count). The van der Waals surface area contributed by atoms with E-state index in [9.17, 15) is 14.7 Å². The van der Waals surface area contributed by atoms with E-state index in [0.29, 0.717) is 0 Å². The van der Waals surface area contributed by atoms with E-state index in [4.69, 9.17) is 9.84 Å². The number of likely N-dealkylation sites (tertiary alicyclic amines) is 1. The molecule has 1 saturated heterocycles. The molecule has 1 heterocycles. The van der Waals surface area contributed by atoms with E-state index in [1.54, 1.807) is 27.7 Å². The third-order valence-electron chi connectivity index (χ3n) is 2.74. The van der Waals surface area contributed by atoms with E-state index in [2.05, 4.69) is 0 Å². The van der Waals surface area contributed by atoms with E-state index in [0.717, 1.165) is 0 Å². The molecule has 0 bridgehead atoms. The van der Waals surface area contributed by atoms with Crippen molar-refractivity contribution in [3.8, 4) is 0 Å². The number of carbonyl (C=O) groups excluding carboxylic acids is 1. The Kier molecular flexibility index (Phi) is 3.66. The maximum absolute atomic E-state index is 11.8. The van der Waals surface area contributed by atoms with Gasteiger partial charge in [-0.25, -0.2) is 4.79 Å². The van der Waals surface area contributed by atoms with Gasteiger partial charge in [-0.3, -0.25) is 4.79 Å². The van der Waals surface area contributed by atoms with Gasteiger partial charge >= 0.3 is 12.1 Å². The van der Waals surface area contributed by atoms with Crippen LogP contribution in [0.1, 0.15) is 27.7 Å². The summed E-state index contributed by atoms with van der Waals surface area (Å²) in [4.78, 5) is 23.9. The second-order valence-corrected chi connectivity index (χ2v) is 5.31. The molecule has 0 aromatic carbocycles. The number of ether oxygens (including phenoxy) is 1. The predicted octanol–water partition coefficient (Wildman–Crippen LogP) is 0.687. The van der Waals surface area contributed by atoms with Gasteiger partial charge < -0.3 is 19.8 Å². The minimum absolute atomic E-state index is 0.0212. The minimum Gasteiger partial charge on any atom is -0.481 e. The van der Waals surface area contributed by atoms with Crippen LogP contribution in [0.2, 0.25) is 0 Å². The van der Waals surface area contributed by atoms with Crippen LogP contribution < -0.4 is 0 Å². The number of rotatable bonds is 1. The molecule has 1 aliphatic rings. The third-order valence-corrected chi connectivity index (χ3v) is 2.74. The zero-order valence-corrected chi connectivity index (χ0v) is 10.5. The molecule has 0 aromatic rings. The van der Waals surface area contributed by atoms with Gasteiger partial charge in [0.15, 0.2) is 0 Å². The smallest absolute Gasteiger partial charge is 0.410 e. The van der Waals surface area contributed by atoms with E-state index >= 15 is 0 Å². The number of nitrogens with zero attached hydrogens (tertiary/aromatic N) is 1. The van der Waals surface area contributed by atoms with Crippen LogP contribution in [-0.2, 0) is 9.53 Å². The highest BCUT2D eigenvalue weighted by atomic mass is 16.6. The summed E-state index contributed by atoms with van der Waals surface area (Å²) in [5, 5.41) is 18.6. The summed E-state index contributed by atoms with van der Waals surface area (Å²) in [7, 11) is 0. The number of aliphatic hydroxyl groups is 1. The van der Waals surface area contributed by atoms with Crippen molar-refractivity contribution >= 4 is 12.1 Å². The number of hydrogen-bond donors (Lipinski definition) is 2. The first-order valence-corrected chi connectivity index (χ1v) is 5.54. The lowest BCUT2D eigenvalue weighted by molar-refractivity contribution is -0.144. The van der Waals surface area contributed by atoms with Crippen LogP contribution in [0, 0.1) is 5.92 Å². The van der Waals surface area contributed by atoms with Gasteiger partial charge in [-0.05, 0) is 27.7 Å². The van der Waals surface area contributed by atoms with Crippen LogP contribution >= 0.6 is 0 Å². The van der Waals surface area contributed by atoms with Crippen molar-refractivity contribution in [3.05, 3.63) is 0 Å². The Balaban J connectivity index is 2.74. The van der Waals surface area contributed by atoms with E-state index in [1.807, 2.05) is 0 Å². The molecule has 2 N–H and O–H groups in total. The molecule has 0 aliphatic carbocycles. The quantitative estimate of drug-likeness (QED) is 0.709. The first kappa shape index (κ1) is 13.8. The molecule has 1 amide bonds. The standard InChI is InChI=1S/C11H19NO5/c1-6-8(13)7(9(14)15)5-12(6)10(16)17-11(2,3)4/h6-8,13H,5H2,1-4H3,(H,14,15). The average molecular weight is 245 g/mol. The SMILES string of the molecule is CC1C(O)C(C(=O)O)CN1C(=O)OC(C)(C)C.